The molecule has 0 N–H and O–H groups in total. The van der Waals surface area contributed by atoms with E-state index in [1.807, 2.05) is 35.2 Å². The summed E-state index contributed by atoms with van der Waals surface area (Å²) in [6.45, 7) is 3.50. The normalized spacial score (nSPS) is 10.7. The van der Waals surface area contributed by atoms with E-state index in [-0.39, 0.29) is 5.91 Å². The van der Waals surface area contributed by atoms with Crippen LogP contribution in [0.3, 0.4) is 0 Å². The van der Waals surface area contributed by atoms with Gasteiger partial charge in [0.25, 0.3) is 0 Å². The van der Waals surface area contributed by atoms with Crippen molar-refractivity contribution in [1.29, 1.82) is 0 Å². The molecule has 124 valence electrons. The summed E-state index contributed by atoms with van der Waals surface area (Å²) >= 11 is 0. The van der Waals surface area contributed by atoms with Crippen molar-refractivity contribution in [3.05, 3.63) is 47.6 Å². The van der Waals surface area contributed by atoms with Gasteiger partial charge in [-0.15, -0.1) is 0 Å². The van der Waals surface area contributed by atoms with E-state index in [9.17, 15) is 4.79 Å². The van der Waals surface area contributed by atoms with Gasteiger partial charge in [-0.3, -0.25) is 4.79 Å². The molecule has 0 saturated heterocycles. The second-order valence-corrected chi connectivity index (χ2v) is 5.38. The Morgan fingerprint density at radius 1 is 1.30 bits per heavy atom. The van der Waals surface area contributed by atoms with Gasteiger partial charge >= 0.3 is 0 Å². The quantitative estimate of drug-likeness (QED) is 0.710. The van der Waals surface area contributed by atoms with Crippen LogP contribution in [0.25, 0.3) is 0 Å². The zero-order chi connectivity index (χ0) is 16.5. The molecule has 0 aliphatic rings. The van der Waals surface area contributed by atoms with Gasteiger partial charge in [-0.1, -0.05) is 35.5 Å². The maximum atomic E-state index is 12.5. The topological polar surface area (TPSA) is 68.5 Å². The summed E-state index contributed by atoms with van der Waals surface area (Å²) < 4.78 is 10.2. The number of ether oxygens (including phenoxy) is 1. The van der Waals surface area contributed by atoms with Gasteiger partial charge in [-0.05, 0) is 18.9 Å². The number of rotatable bonds is 9. The monoisotopic (exact) mass is 317 g/mol. The first-order valence-electron chi connectivity index (χ1n) is 7.79. The van der Waals surface area contributed by atoms with Crippen LogP contribution in [0.1, 0.15) is 30.1 Å². The summed E-state index contributed by atoms with van der Waals surface area (Å²) in [7, 11) is 1.64. The highest BCUT2D eigenvalue weighted by Gasteiger charge is 2.14. The van der Waals surface area contributed by atoms with E-state index in [0.717, 1.165) is 5.56 Å². The summed E-state index contributed by atoms with van der Waals surface area (Å²) in [4.78, 5) is 18.4. The van der Waals surface area contributed by atoms with Gasteiger partial charge in [0.2, 0.25) is 11.8 Å². The minimum atomic E-state index is 0.113. The Bertz CT molecular complexity index is 598. The van der Waals surface area contributed by atoms with Gasteiger partial charge in [-0.25, -0.2) is 0 Å². The van der Waals surface area contributed by atoms with E-state index in [0.29, 0.717) is 50.7 Å². The number of benzene rings is 1. The molecule has 0 unspecified atom stereocenters. The average Bonchev–Trinajstić information content (AvgIpc) is 2.97. The highest BCUT2D eigenvalue weighted by Crippen LogP contribution is 2.09. The molecule has 0 fully saturated rings. The second kappa shape index (κ2) is 9.05. The molecule has 1 aromatic carbocycles. The standard InChI is InChI=1S/C17H23N3O3/c1-14-18-16(23-19-14)9-6-10-17(21)20(11-12-22-2)13-15-7-4-3-5-8-15/h3-5,7-8H,6,9-13H2,1-2H3. The van der Waals surface area contributed by atoms with Crippen molar-refractivity contribution in [2.45, 2.75) is 32.7 Å². The maximum absolute atomic E-state index is 12.5. The molecule has 1 aromatic heterocycles. The minimum Gasteiger partial charge on any atom is -0.383 e. The molecule has 2 aromatic rings. The third-order valence-corrected chi connectivity index (χ3v) is 3.49. The maximum Gasteiger partial charge on any atom is 0.226 e. The van der Waals surface area contributed by atoms with Crippen LogP contribution >= 0.6 is 0 Å². The number of carbonyl (C=O) groups excluding carboxylic acids is 1. The molecule has 0 aliphatic heterocycles. The summed E-state index contributed by atoms with van der Waals surface area (Å²) in [6.07, 6.45) is 1.77. The van der Waals surface area contributed by atoms with Gasteiger partial charge in [0, 0.05) is 33.0 Å². The number of aromatic nitrogens is 2. The Labute approximate surface area is 136 Å². The van der Waals surface area contributed by atoms with Crippen molar-refractivity contribution in [2.24, 2.45) is 0 Å². The Kier molecular flexibility index (Phi) is 6.75. The van der Waals surface area contributed by atoms with Crippen LogP contribution in [0.4, 0.5) is 0 Å². The molecule has 23 heavy (non-hydrogen) atoms. The molecule has 0 aliphatic carbocycles. The molecule has 2 rings (SSSR count). The fourth-order valence-corrected chi connectivity index (χ4v) is 2.29. The van der Waals surface area contributed by atoms with Crippen molar-refractivity contribution in [3.8, 4) is 0 Å². The van der Waals surface area contributed by atoms with E-state index in [1.165, 1.54) is 0 Å². The highest BCUT2D eigenvalue weighted by molar-refractivity contribution is 5.76. The predicted molar refractivity (Wildman–Crippen MR) is 85.7 cm³/mol. The van der Waals surface area contributed by atoms with Crippen molar-refractivity contribution in [2.75, 3.05) is 20.3 Å². The van der Waals surface area contributed by atoms with Crippen LogP contribution in [0.15, 0.2) is 34.9 Å². The SMILES string of the molecule is COCCN(Cc1ccccc1)C(=O)CCCc1nc(C)no1. The fourth-order valence-electron chi connectivity index (χ4n) is 2.29. The molecule has 1 heterocycles. The van der Waals surface area contributed by atoms with Crippen LogP contribution < -0.4 is 0 Å². The zero-order valence-corrected chi connectivity index (χ0v) is 13.7. The fraction of sp³-hybridized carbons (Fsp3) is 0.471. The van der Waals surface area contributed by atoms with Gasteiger partial charge in [0.05, 0.1) is 6.61 Å². The Morgan fingerprint density at radius 3 is 2.74 bits per heavy atom. The van der Waals surface area contributed by atoms with E-state index in [2.05, 4.69) is 10.1 Å². The number of hydrogen-bond acceptors (Lipinski definition) is 5. The molecular formula is C17H23N3O3. The molecule has 0 bridgehead atoms. The van der Waals surface area contributed by atoms with Crippen molar-refractivity contribution >= 4 is 5.91 Å². The van der Waals surface area contributed by atoms with Crippen molar-refractivity contribution in [3.63, 3.8) is 0 Å². The summed E-state index contributed by atoms with van der Waals surface area (Å²) in [5, 5.41) is 3.75. The predicted octanol–water partition coefficient (Wildman–Crippen LogP) is 2.38. The molecule has 0 spiro atoms. The smallest absolute Gasteiger partial charge is 0.226 e. The van der Waals surface area contributed by atoms with Crippen LogP contribution in [-0.2, 0) is 22.5 Å². The first-order valence-corrected chi connectivity index (χ1v) is 7.79. The average molecular weight is 317 g/mol. The molecular weight excluding hydrogens is 294 g/mol. The van der Waals surface area contributed by atoms with E-state index in [1.54, 1.807) is 14.0 Å². The molecule has 1 amide bonds. The molecule has 6 nitrogen and oxygen atoms in total. The number of methoxy groups -OCH3 is 1. The third kappa shape index (κ3) is 5.83. The zero-order valence-electron chi connectivity index (χ0n) is 13.7. The lowest BCUT2D eigenvalue weighted by Crippen LogP contribution is -2.33. The van der Waals surface area contributed by atoms with Crippen LogP contribution in [0, 0.1) is 6.92 Å². The van der Waals surface area contributed by atoms with Crippen LogP contribution in [-0.4, -0.2) is 41.2 Å². The van der Waals surface area contributed by atoms with Crippen LogP contribution in [0.2, 0.25) is 0 Å². The number of nitrogens with zero attached hydrogens (tertiary/aromatic N) is 3. The summed E-state index contributed by atoms with van der Waals surface area (Å²) in [5.74, 6) is 1.32. The first-order chi connectivity index (χ1) is 11.2. The molecule has 0 saturated carbocycles. The summed E-state index contributed by atoms with van der Waals surface area (Å²) in [6, 6.07) is 9.97. The van der Waals surface area contributed by atoms with E-state index in [4.69, 9.17) is 9.26 Å². The van der Waals surface area contributed by atoms with Gasteiger partial charge in [0.15, 0.2) is 5.82 Å². The van der Waals surface area contributed by atoms with E-state index < -0.39 is 0 Å². The molecule has 6 heteroatoms. The lowest BCUT2D eigenvalue weighted by Gasteiger charge is -2.22. The number of hydrogen-bond donors (Lipinski definition) is 0. The lowest BCUT2D eigenvalue weighted by molar-refractivity contribution is -0.132. The number of amides is 1. The highest BCUT2D eigenvalue weighted by atomic mass is 16.5. The third-order valence-electron chi connectivity index (χ3n) is 3.49. The Balaban J connectivity index is 1.85. The lowest BCUT2D eigenvalue weighted by atomic mass is 10.2. The summed E-state index contributed by atoms with van der Waals surface area (Å²) in [5.41, 5.74) is 1.12. The molecule has 0 radical (unpaired) electrons. The Hall–Kier alpha value is -2.21. The van der Waals surface area contributed by atoms with Crippen LogP contribution in [0.5, 0.6) is 0 Å². The number of aryl methyl sites for hydroxylation is 2. The largest absolute Gasteiger partial charge is 0.383 e. The van der Waals surface area contributed by atoms with Gasteiger partial charge < -0.3 is 14.2 Å². The Morgan fingerprint density at radius 2 is 2.09 bits per heavy atom. The minimum absolute atomic E-state index is 0.113. The van der Waals surface area contributed by atoms with Gasteiger partial charge in [-0.2, -0.15) is 4.98 Å². The second-order valence-electron chi connectivity index (χ2n) is 5.38. The number of carbonyl (C=O) groups is 1. The van der Waals surface area contributed by atoms with Crippen molar-refractivity contribution in [1.82, 2.24) is 15.0 Å². The van der Waals surface area contributed by atoms with Gasteiger partial charge in [0.1, 0.15) is 0 Å². The molecule has 0 atom stereocenters. The van der Waals surface area contributed by atoms with Crippen molar-refractivity contribution < 1.29 is 14.1 Å². The first kappa shape index (κ1) is 17.1. The van der Waals surface area contributed by atoms with E-state index >= 15 is 0 Å².